The van der Waals surface area contributed by atoms with Gasteiger partial charge in [0.2, 0.25) is 0 Å². The van der Waals surface area contributed by atoms with Crippen molar-refractivity contribution in [1.82, 2.24) is 0 Å². The third-order valence-electron chi connectivity index (χ3n) is 4.55. The Bertz CT molecular complexity index is 1260. The largest absolute Gasteiger partial charge is 0.400 e. The van der Waals surface area contributed by atoms with Crippen LogP contribution in [0.25, 0.3) is 0 Å². The van der Waals surface area contributed by atoms with Crippen molar-refractivity contribution in [2.75, 3.05) is 22.6 Å². The van der Waals surface area contributed by atoms with Crippen LogP contribution in [0.2, 0.25) is 0 Å². The first-order chi connectivity index (χ1) is 18.0. The van der Waals surface area contributed by atoms with Gasteiger partial charge >= 0.3 is 18.5 Å². The first-order valence-corrected chi connectivity index (χ1v) is 13.7. The molecule has 0 amide bonds. The van der Waals surface area contributed by atoms with Crippen molar-refractivity contribution in [1.29, 1.82) is 0 Å². The van der Waals surface area contributed by atoms with Gasteiger partial charge < -0.3 is 11.1 Å². The number of rotatable bonds is 7. The Hall–Kier alpha value is -2.34. The SMILES string of the molecule is C.Cc1cc(F)c(N)cc1S(=O)CC(F)(F)F.Cc1cc(F)c(NC(=S)CCC(F)(F)F)cc1S(=O)CC(F)(F)F. The van der Waals surface area contributed by atoms with Gasteiger partial charge in [-0.1, -0.05) is 19.6 Å². The highest BCUT2D eigenvalue weighted by Gasteiger charge is 2.33. The van der Waals surface area contributed by atoms with Gasteiger partial charge in [0, 0.05) is 22.6 Å². The monoisotopic (exact) mass is 666 g/mol. The molecule has 0 heterocycles. The molecule has 4 nitrogen and oxygen atoms in total. The number of nitrogen functional groups attached to an aromatic ring is 1. The molecule has 0 aromatic heterocycles. The van der Waals surface area contributed by atoms with E-state index in [1.165, 1.54) is 13.8 Å². The van der Waals surface area contributed by atoms with Crippen molar-refractivity contribution < 1.29 is 56.7 Å². The first kappa shape index (κ1) is 38.7. The molecule has 0 saturated carbocycles. The second kappa shape index (κ2) is 15.2. The second-order valence-electron chi connectivity index (χ2n) is 8.11. The number of halogens is 11. The van der Waals surface area contributed by atoms with E-state index in [1.54, 1.807) is 0 Å². The summed E-state index contributed by atoms with van der Waals surface area (Å²) < 4.78 is 159. The van der Waals surface area contributed by atoms with Crippen LogP contribution >= 0.6 is 12.2 Å². The molecule has 2 atom stereocenters. The van der Waals surface area contributed by atoms with Crippen LogP contribution in [0.1, 0.15) is 31.4 Å². The standard InChI is InChI=1S/C13H12F7NOS2.C9H9F4NOS.CH4/c1-7-4-8(14)9(21-11(23)2-3-12(15,16)17)5-10(7)24(22)6-13(18,19)20;1-5-2-6(10)7(14)3-8(5)16(15)4-9(11,12)13;/h4-5H,2-3,6H2,1H3,(H,21,23);2-3H,4,14H2,1H3;1H4. The number of thiocarbonyl (C=S) groups is 1. The Morgan fingerprint density at radius 2 is 1.20 bits per heavy atom. The Morgan fingerprint density at radius 1 is 0.780 bits per heavy atom. The molecule has 0 fully saturated rings. The summed E-state index contributed by atoms with van der Waals surface area (Å²) in [5.74, 6) is -4.73. The Morgan fingerprint density at radius 3 is 1.61 bits per heavy atom. The van der Waals surface area contributed by atoms with E-state index in [1.807, 2.05) is 0 Å². The number of hydrogen-bond donors (Lipinski definition) is 2. The molecule has 0 aliphatic carbocycles. The molecule has 2 unspecified atom stereocenters. The van der Waals surface area contributed by atoms with Crippen LogP contribution < -0.4 is 11.1 Å². The van der Waals surface area contributed by atoms with Crippen molar-refractivity contribution in [3.63, 3.8) is 0 Å². The smallest absolute Gasteiger partial charge is 0.396 e. The summed E-state index contributed by atoms with van der Waals surface area (Å²) in [7, 11) is -4.73. The molecule has 0 aliphatic heterocycles. The Balaban J connectivity index is 0.000000821. The van der Waals surface area contributed by atoms with E-state index < -0.39 is 81.8 Å². The van der Waals surface area contributed by atoms with Crippen LogP contribution in [-0.2, 0) is 21.6 Å². The molecule has 2 aromatic rings. The molecule has 41 heavy (non-hydrogen) atoms. The lowest BCUT2D eigenvalue weighted by molar-refractivity contribution is -0.132. The zero-order chi connectivity index (χ0) is 31.2. The summed E-state index contributed by atoms with van der Waals surface area (Å²) in [6, 6.07) is 3.66. The number of hydrogen-bond acceptors (Lipinski definition) is 4. The minimum absolute atomic E-state index is 0. The maximum Gasteiger partial charge on any atom is 0.400 e. The van der Waals surface area contributed by atoms with Gasteiger partial charge in [0.25, 0.3) is 0 Å². The number of alkyl halides is 9. The lowest BCUT2D eigenvalue weighted by Crippen LogP contribution is -2.20. The molecule has 2 aromatic carbocycles. The Kier molecular flexibility index (Phi) is 14.4. The van der Waals surface area contributed by atoms with Gasteiger partial charge in [0.05, 0.1) is 38.0 Å². The summed E-state index contributed by atoms with van der Waals surface area (Å²) in [4.78, 5) is -0.686. The number of nitrogens with one attached hydrogen (secondary N) is 1. The molecular formula is C23H25F11N2O2S3. The molecule has 0 radical (unpaired) electrons. The molecule has 2 rings (SSSR count). The van der Waals surface area contributed by atoms with E-state index in [4.69, 9.17) is 5.73 Å². The number of anilines is 2. The highest BCUT2D eigenvalue weighted by Crippen LogP contribution is 2.28. The third-order valence-corrected chi connectivity index (χ3v) is 7.89. The van der Waals surface area contributed by atoms with E-state index in [2.05, 4.69) is 17.5 Å². The van der Waals surface area contributed by atoms with Crippen LogP contribution in [0.5, 0.6) is 0 Å². The van der Waals surface area contributed by atoms with Gasteiger partial charge in [0.15, 0.2) is 0 Å². The van der Waals surface area contributed by atoms with Crippen LogP contribution in [0.3, 0.4) is 0 Å². The van der Waals surface area contributed by atoms with Crippen LogP contribution in [0.4, 0.5) is 59.7 Å². The average molecular weight is 667 g/mol. The predicted molar refractivity (Wildman–Crippen MR) is 140 cm³/mol. The maximum atomic E-state index is 13.8. The van der Waals surface area contributed by atoms with E-state index in [0.29, 0.717) is 0 Å². The van der Waals surface area contributed by atoms with Crippen molar-refractivity contribution in [2.45, 2.75) is 62.4 Å². The summed E-state index contributed by atoms with van der Waals surface area (Å²) in [6.45, 7) is 2.66. The van der Waals surface area contributed by atoms with Crippen LogP contribution in [-0.4, -0.2) is 43.4 Å². The molecule has 18 heteroatoms. The van der Waals surface area contributed by atoms with Gasteiger partial charge in [0.1, 0.15) is 23.1 Å². The molecule has 3 N–H and O–H groups in total. The van der Waals surface area contributed by atoms with Gasteiger partial charge in [-0.3, -0.25) is 8.42 Å². The normalized spacial score (nSPS) is 13.4. The van der Waals surface area contributed by atoms with Crippen molar-refractivity contribution >= 4 is 50.2 Å². The summed E-state index contributed by atoms with van der Waals surface area (Å²) in [5, 5.41) is 2.21. The van der Waals surface area contributed by atoms with Gasteiger partial charge in [-0.15, -0.1) is 0 Å². The third kappa shape index (κ3) is 14.4. The van der Waals surface area contributed by atoms with Crippen LogP contribution in [0, 0.1) is 25.5 Å². The predicted octanol–water partition coefficient (Wildman–Crippen LogP) is 7.91. The van der Waals surface area contributed by atoms with Crippen LogP contribution in [0.15, 0.2) is 34.1 Å². The van der Waals surface area contributed by atoms with E-state index in [9.17, 15) is 56.7 Å². The second-order valence-corrected chi connectivity index (χ2v) is 11.4. The fourth-order valence-electron chi connectivity index (χ4n) is 2.83. The maximum absolute atomic E-state index is 13.8. The Labute approximate surface area is 238 Å². The summed E-state index contributed by atoms with van der Waals surface area (Å²) in [6.07, 6.45) is -15.5. The van der Waals surface area contributed by atoms with E-state index >= 15 is 0 Å². The van der Waals surface area contributed by atoms with Crippen molar-refractivity contribution in [3.05, 3.63) is 47.0 Å². The first-order valence-electron chi connectivity index (χ1n) is 10.6. The number of benzene rings is 2. The van der Waals surface area contributed by atoms with Gasteiger partial charge in [-0.2, -0.15) is 39.5 Å². The van der Waals surface area contributed by atoms with Crippen molar-refractivity contribution in [3.8, 4) is 0 Å². The molecule has 0 bridgehead atoms. The summed E-state index contributed by atoms with van der Waals surface area (Å²) in [5.41, 5.74) is 4.69. The summed E-state index contributed by atoms with van der Waals surface area (Å²) >= 11 is 4.66. The zero-order valence-electron chi connectivity index (χ0n) is 20.4. The highest BCUT2D eigenvalue weighted by molar-refractivity contribution is 7.85. The van der Waals surface area contributed by atoms with Gasteiger partial charge in [-0.25, -0.2) is 8.78 Å². The van der Waals surface area contributed by atoms with Gasteiger partial charge in [-0.05, 0) is 49.2 Å². The quantitative estimate of drug-likeness (QED) is 0.179. The minimum atomic E-state index is -4.68. The average Bonchev–Trinajstić information content (AvgIpc) is 2.74. The fourth-order valence-corrected chi connectivity index (χ4v) is 5.29. The molecule has 0 spiro atoms. The number of aryl methyl sites for hydroxylation is 2. The minimum Gasteiger partial charge on any atom is -0.396 e. The number of nitrogens with two attached hydrogens (primary N) is 1. The van der Waals surface area contributed by atoms with Crippen molar-refractivity contribution in [2.24, 2.45) is 0 Å². The molecule has 234 valence electrons. The van der Waals surface area contributed by atoms with E-state index in [0.717, 1.165) is 24.3 Å². The molecular weight excluding hydrogens is 641 g/mol. The lowest BCUT2D eigenvalue weighted by Gasteiger charge is -2.14. The zero-order valence-corrected chi connectivity index (χ0v) is 22.9. The van der Waals surface area contributed by atoms with E-state index in [-0.39, 0.29) is 39.0 Å². The molecule has 0 aliphatic rings. The lowest BCUT2D eigenvalue weighted by atomic mass is 10.2. The fraction of sp³-hybridized carbons (Fsp3) is 0.435. The highest BCUT2D eigenvalue weighted by atomic mass is 32.2. The molecule has 0 saturated heterocycles. The topological polar surface area (TPSA) is 72.2 Å².